The monoisotopic (exact) mass is 335 g/mol. The zero-order chi connectivity index (χ0) is 17.4. The Bertz CT molecular complexity index is 850. The first-order chi connectivity index (χ1) is 11.5. The predicted octanol–water partition coefficient (Wildman–Crippen LogP) is -0.473. The Labute approximate surface area is 139 Å². The third-order valence-electron chi connectivity index (χ3n) is 5.26. The highest BCUT2D eigenvalue weighted by Crippen LogP contribution is 2.22. The number of piperidine rings is 1. The largest absolute Gasteiger partial charge is 0.395 e. The second kappa shape index (κ2) is 6.52. The number of aromatic nitrogens is 4. The van der Waals surface area contributed by atoms with Crippen molar-refractivity contribution in [3.05, 3.63) is 27.2 Å². The second-order valence-corrected chi connectivity index (χ2v) is 6.72. The van der Waals surface area contributed by atoms with Crippen LogP contribution < -0.4 is 11.2 Å². The lowest BCUT2D eigenvalue weighted by atomic mass is 9.91. The van der Waals surface area contributed by atoms with E-state index in [0.29, 0.717) is 23.6 Å². The fourth-order valence-corrected chi connectivity index (χ4v) is 3.71. The van der Waals surface area contributed by atoms with E-state index in [-0.39, 0.29) is 23.9 Å². The summed E-state index contributed by atoms with van der Waals surface area (Å²) in [5, 5.41) is 9.66. The normalized spacial score (nSPS) is 22.3. The molecule has 0 spiro atoms. The molecule has 1 saturated heterocycles. The Balaban J connectivity index is 1.89. The standard InChI is InChI=1S/C16H25N5O3/c1-11-5-4-6-20(12(11)9-22)7-8-21-10-17-14-13(21)15(23)19(3)16(24)18(14)2/h10-12,22H,4-9H2,1-3H3. The number of rotatable bonds is 4. The maximum atomic E-state index is 12.4. The Hall–Kier alpha value is -1.93. The van der Waals surface area contributed by atoms with Gasteiger partial charge < -0.3 is 9.67 Å². The minimum absolute atomic E-state index is 0.155. The molecular formula is C16H25N5O3. The van der Waals surface area contributed by atoms with Gasteiger partial charge in [0.1, 0.15) is 0 Å². The van der Waals surface area contributed by atoms with Crippen LogP contribution in [0.15, 0.2) is 15.9 Å². The zero-order valence-electron chi connectivity index (χ0n) is 14.5. The van der Waals surface area contributed by atoms with Crippen LogP contribution in [-0.4, -0.2) is 54.4 Å². The molecule has 0 aliphatic carbocycles. The second-order valence-electron chi connectivity index (χ2n) is 6.72. The molecule has 2 unspecified atom stereocenters. The third-order valence-corrected chi connectivity index (χ3v) is 5.26. The number of aliphatic hydroxyl groups excluding tert-OH is 1. The number of hydrogen-bond acceptors (Lipinski definition) is 5. The lowest BCUT2D eigenvalue weighted by molar-refractivity contribution is 0.0507. The van der Waals surface area contributed by atoms with Crippen molar-refractivity contribution in [1.29, 1.82) is 0 Å². The maximum Gasteiger partial charge on any atom is 0.332 e. The van der Waals surface area contributed by atoms with Crippen molar-refractivity contribution in [1.82, 2.24) is 23.6 Å². The number of nitrogens with zero attached hydrogens (tertiary/aromatic N) is 5. The van der Waals surface area contributed by atoms with Gasteiger partial charge in [-0.1, -0.05) is 6.92 Å². The van der Waals surface area contributed by atoms with E-state index in [1.807, 2.05) is 4.57 Å². The summed E-state index contributed by atoms with van der Waals surface area (Å²) in [5.74, 6) is 0.469. The van der Waals surface area contributed by atoms with Crippen molar-refractivity contribution in [3.8, 4) is 0 Å². The molecular weight excluding hydrogens is 310 g/mol. The molecule has 0 radical (unpaired) electrons. The van der Waals surface area contributed by atoms with Gasteiger partial charge in [-0.2, -0.15) is 0 Å². The predicted molar refractivity (Wildman–Crippen MR) is 91.1 cm³/mol. The number of aryl methyl sites for hydroxylation is 1. The van der Waals surface area contributed by atoms with Gasteiger partial charge in [0.15, 0.2) is 11.2 Å². The van der Waals surface area contributed by atoms with E-state index in [1.54, 1.807) is 13.4 Å². The average Bonchev–Trinajstić information content (AvgIpc) is 3.00. The van der Waals surface area contributed by atoms with Crippen LogP contribution in [0.2, 0.25) is 0 Å². The summed E-state index contributed by atoms with van der Waals surface area (Å²) < 4.78 is 4.32. The summed E-state index contributed by atoms with van der Waals surface area (Å²) in [6.45, 7) is 4.63. The molecule has 3 heterocycles. The average molecular weight is 335 g/mol. The number of fused-ring (bicyclic) bond motifs is 1. The topological polar surface area (TPSA) is 85.3 Å². The first kappa shape index (κ1) is 16.9. The Morgan fingerprint density at radius 3 is 2.71 bits per heavy atom. The molecule has 0 aromatic carbocycles. The van der Waals surface area contributed by atoms with Crippen LogP contribution >= 0.6 is 0 Å². The lowest BCUT2D eigenvalue weighted by Crippen LogP contribution is -2.47. The first-order valence-corrected chi connectivity index (χ1v) is 8.41. The van der Waals surface area contributed by atoms with Crippen LogP contribution in [-0.2, 0) is 20.6 Å². The minimum Gasteiger partial charge on any atom is -0.395 e. The Kier molecular flexibility index (Phi) is 4.60. The van der Waals surface area contributed by atoms with E-state index < -0.39 is 0 Å². The van der Waals surface area contributed by atoms with Gasteiger partial charge in [-0.05, 0) is 25.3 Å². The van der Waals surface area contributed by atoms with Crippen molar-refractivity contribution >= 4 is 11.2 Å². The van der Waals surface area contributed by atoms with E-state index in [9.17, 15) is 14.7 Å². The molecule has 8 heteroatoms. The van der Waals surface area contributed by atoms with Gasteiger partial charge in [0.05, 0.1) is 12.9 Å². The van der Waals surface area contributed by atoms with Gasteiger partial charge in [-0.15, -0.1) is 0 Å². The van der Waals surface area contributed by atoms with Crippen molar-refractivity contribution in [3.63, 3.8) is 0 Å². The quantitative estimate of drug-likeness (QED) is 0.816. The highest BCUT2D eigenvalue weighted by Gasteiger charge is 2.27. The number of hydrogen-bond donors (Lipinski definition) is 1. The molecule has 132 valence electrons. The van der Waals surface area contributed by atoms with Gasteiger partial charge in [0.25, 0.3) is 5.56 Å². The highest BCUT2D eigenvalue weighted by molar-refractivity contribution is 5.69. The Morgan fingerprint density at radius 2 is 2.00 bits per heavy atom. The molecule has 1 N–H and O–H groups in total. The van der Waals surface area contributed by atoms with Crippen LogP contribution in [0.3, 0.4) is 0 Å². The van der Waals surface area contributed by atoms with Crippen LogP contribution in [0.4, 0.5) is 0 Å². The van der Waals surface area contributed by atoms with Gasteiger partial charge in [-0.3, -0.25) is 18.8 Å². The Morgan fingerprint density at radius 1 is 1.25 bits per heavy atom. The van der Waals surface area contributed by atoms with Crippen LogP contribution in [0.5, 0.6) is 0 Å². The molecule has 2 aromatic rings. The molecule has 1 aliphatic heterocycles. The fraction of sp³-hybridized carbons (Fsp3) is 0.688. The summed E-state index contributed by atoms with van der Waals surface area (Å²) in [4.78, 5) is 30.9. The fourth-order valence-electron chi connectivity index (χ4n) is 3.71. The van der Waals surface area contributed by atoms with Gasteiger partial charge in [0, 0.05) is 33.2 Å². The van der Waals surface area contributed by atoms with E-state index in [1.165, 1.54) is 11.6 Å². The molecule has 0 bridgehead atoms. The van der Waals surface area contributed by atoms with E-state index in [4.69, 9.17) is 0 Å². The molecule has 1 aliphatic rings. The van der Waals surface area contributed by atoms with E-state index in [0.717, 1.165) is 30.5 Å². The van der Waals surface area contributed by atoms with E-state index >= 15 is 0 Å². The van der Waals surface area contributed by atoms with Gasteiger partial charge in [-0.25, -0.2) is 9.78 Å². The van der Waals surface area contributed by atoms with Crippen molar-refractivity contribution in [2.75, 3.05) is 19.7 Å². The summed E-state index contributed by atoms with van der Waals surface area (Å²) in [5.41, 5.74) is 0.165. The minimum atomic E-state index is -0.372. The maximum absolute atomic E-state index is 12.4. The highest BCUT2D eigenvalue weighted by atomic mass is 16.3. The summed E-state index contributed by atoms with van der Waals surface area (Å²) in [7, 11) is 3.10. The molecule has 2 aromatic heterocycles. The lowest BCUT2D eigenvalue weighted by Gasteiger charge is -2.39. The number of imidazole rings is 1. The smallest absolute Gasteiger partial charge is 0.332 e. The molecule has 2 atom stereocenters. The van der Waals surface area contributed by atoms with Crippen molar-refractivity contribution in [2.24, 2.45) is 20.0 Å². The summed E-state index contributed by atoms with van der Waals surface area (Å²) in [6, 6.07) is 0.167. The van der Waals surface area contributed by atoms with Gasteiger partial charge >= 0.3 is 5.69 Å². The molecule has 8 nitrogen and oxygen atoms in total. The molecule has 0 saturated carbocycles. The number of likely N-dealkylation sites (tertiary alicyclic amines) is 1. The molecule has 24 heavy (non-hydrogen) atoms. The molecule has 0 amide bonds. The molecule has 1 fully saturated rings. The number of aliphatic hydroxyl groups is 1. The summed E-state index contributed by atoms with van der Waals surface area (Å²) in [6.07, 6.45) is 3.88. The SMILES string of the molecule is CC1CCCN(CCn2cnc3c2c(=O)n(C)c(=O)n3C)C1CO. The first-order valence-electron chi connectivity index (χ1n) is 8.41. The summed E-state index contributed by atoms with van der Waals surface area (Å²) >= 11 is 0. The van der Waals surface area contributed by atoms with E-state index in [2.05, 4.69) is 16.8 Å². The van der Waals surface area contributed by atoms with Crippen LogP contribution in [0.25, 0.3) is 11.2 Å². The van der Waals surface area contributed by atoms with Crippen molar-refractivity contribution < 1.29 is 5.11 Å². The molecule has 3 rings (SSSR count). The zero-order valence-corrected chi connectivity index (χ0v) is 14.5. The van der Waals surface area contributed by atoms with Gasteiger partial charge in [0.2, 0.25) is 0 Å². The van der Waals surface area contributed by atoms with Crippen LogP contribution in [0, 0.1) is 5.92 Å². The van der Waals surface area contributed by atoms with Crippen LogP contribution in [0.1, 0.15) is 19.8 Å². The van der Waals surface area contributed by atoms with Crippen molar-refractivity contribution in [2.45, 2.75) is 32.4 Å². The third kappa shape index (κ3) is 2.69.